The van der Waals surface area contributed by atoms with E-state index in [0.717, 1.165) is 6.07 Å². The van der Waals surface area contributed by atoms with Crippen molar-refractivity contribution in [3.05, 3.63) is 35.4 Å². The van der Waals surface area contributed by atoms with Crippen LogP contribution in [0.1, 0.15) is 17.5 Å². The summed E-state index contributed by atoms with van der Waals surface area (Å²) in [6.07, 6.45) is -4.17. The number of carbonyl (C=O) groups is 2. The van der Waals surface area contributed by atoms with E-state index >= 15 is 0 Å². The quantitative estimate of drug-likeness (QED) is 0.795. The molecule has 1 fully saturated rings. The molecule has 0 spiro atoms. The normalized spacial score (nSPS) is 17.8. The maximum absolute atomic E-state index is 13.0. The molecule has 0 aliphatic carbocycles. The number of carbonyl (C=O) groups excluding carboxylic acids is 2. The highest BCUT2D eigenvalue weighted by Gasteiger charge is 2.34. The lowest BCUT2D eigenvalue weighted by Crippen LogP contribution is -2.36. The molecular weight excluding hydrogens is 347 g/mol. The molecule has 1 aromatic carbocycles. The van der Waals surface area contributed by atoms with E-state index in [1.807, 2.05) is 19.0 Å². The number of benzene rings is 1. The number of nitrogens with one attached hydrogen (secondary N) is 1. The van der Waals surface area contributed by atoms with Gasteiger partial charge in [-0.15, -0.1) is 0 Å². The van der Waals surface area contributed by atoms with Gasteiger partial charge in [0, 0.05) is 32.6 Å². The van der Waals surface area contributed by atoms with Crippen molar-refractivity contribution >= 4 is 11.8 Å². The zero-order valence-corrected chi connectivity index (χ0v) is 15.0. The minimum atomic E-state index is -4.41. The van der Waals surface area contributed by atoms with Crippen molar-refractivity contribution < 1.29 is 22.8 Å². The summed E-state index contributed by atoms with van der Waals surface area (Å²) < 4.78 is 38.9. The van der Waals surface area contributed by atoms with Crippen LogP contribution >= 0.6 is 0 Å². The van der Waals surface area contributed by atoms with Crippen molar-refractivity contribution in [2.45, 2.75) is 19.0 Å². The number of amides is 2. The van der Waals surface area contributed by atoms with Crippen molar-refractivity contribution in [3.8, 4) is 0 Å². The Kier molecular flexibility index (Phi) is 6.63. The van der Waals surface area contributed by atoms with Crippen molar-refractivity contribution in [2.24, 2.45) is 5.92 Å². The highest BCUT2D eigenvalue weighted by atomic mass is 19.4. The van der Waals surface area contributed by atoms with Crippen molar-refractivity contribution in [1.29, 1.82) is 0 Å². The molecule has 2 rings (SSSR count). The number of hydrogen-bond donors (Lipinski definition) is 1. The molecule has 0 aromatic heterocycles. The summed E-state index contributed by atoms with van der Waals surface area (Å²) in [5.74, 6) is -0.785. The molecule has 0 bridgehead atoms. The molecule has 1 N–H and O–H groups in total. The smallest absolute Gasteiger partial charge is 0.355 e. The number of hydrogen-bond acceptors (Lipinski definition) is 3. The average molecular weight is 371 g/mol. The molecule has 1 aliphatic rings. The zero-order valence-electron chi connectivity index (χ0n) is 15.0. The van der Waals surface area contributed by atoms with Gasteiger partial charge >= 0.3 is 6.18 Å². The van der Waals surface area contributed by atoms with Gasteiger partial charge in [-0.1, -0.05) is 18.2 Å². The zero-order chi connectivity index (χ0) is 19.3. The second-order valence-corrected chi connectivity index (χ2v) is 6.74. The first-order valence-corrected chi connectivity index (χ1v) is 8.54. The molecule has 1 heterocycles. The van der Waals surface area contributed by atoms with Gasteiger partial charge in [0.25, 0.3) is 0 Å². The van der Waals surface area contributed by atoms with Gasteiger partial charge in [0.1, 0.15) is 0 Å². The van der Waals surface area contributed by atoms with Crippen LogP contribution in [0.5, 0.6) is 0 Å². The number of alkyl halides is 3. The fourth-order valence-electron chi connectivity index (χ4n) is 2.96. The fraction of sp³-hybridized carbons (Fsp3) is 0.556. The predicted octanol–water partition coefficient (Wildman–Crippen LogP) is 1.77. The summed E-state index contributed by atoms with van der Waals surface area (Å²) in [6.45, 7) is 1.74. The van der Waals surface area contributed by atoms with Gasteiger partial charge in [-0.3, -0.25) is 9.59 Å². The second kappa shape index (κ2) is 8.53. The van der Waals surface area contributed by atoms with Gasteiger partial charge in [-0.2, -0.15) is 13.2 Å². The maximum Gasteiger partial charge on any atom is 0.416 e. The summed E-state index contributed by atoms with van der Waals surface area (Å²) >= 11 is 0. The van der Waals surface area contributed by atoms with E-state index in [-0.39, 0.29) is 36.8 Å². The number of rotatable bonds is 7. The Bertz CT molecular complexity index is 647. The predicted molar refractivity (Wildman–Crippen MR) is 91.4 cm³/mol. The SMILES string of the molecule is CN(C)CCN1C[C@@H](C(=O)NCCc2ccccc2C(F)(F)F)CC1=O. The van der Waals surface area contributed by atoms with Gasteiger partial charge < -0.3 is 15.1 Å². The molecule has 2 amide bonds. The monoisotopic (exact) mass is 371 g/mol. The Morgan fingerprint density at radius 2 is 2.00 bits per heavy atom. The first kappa shape index (κ1) is 20.2. The van der Waals surface area contributed by atoms with E-state index in [1.165, 1.54) is 12.1 Å². The van der Waals surface area contributed by atoms with Crippen LogP contribution in [0.2, 0.25) is 0 Å². The molecular formula is C18H24F3N3O2. The highest BCUT2D eigenvalue weighted by molar-refractivity contribution is 5.89. The summed E-state index contributed by atoms with van der Waals surface area (Å²) in [7, 11) is 3.81. The molecule has 0 saturated carbocycles. The van der Waals surface area contributed by atoms with Crippen LogP contribution in [0, 0.1) is 5.92 Å². The molecule has 144 valence electrons. The van der Waals surface area contributed by atoms with Crippen LogP contribution in [0.4, 0.5) is 13.2 Å². The van der Waals surface area contributed by atoms with Crippen LogP contribution < -0.4 is 5.32 Å². The number of nitrogens with zero attached hydrogens (tertiary/aromatic N) is 2. The molecule has 8 heteroatoms. The summed E-state index contributed by atoms with van der Waals surface area (Å²) in [4.78, 5) is 27.8. The number of halogens is 3. The van der Waals surface area contributed by atoms with E-state index < -0.39 is 17.7 Å². The minimum absolute atomic E-state index is 0.0607. The molecule has 1 saturated heterocycles. The van der Waals surface area contributed by atoms with Gasteiger partial charge in [-0.25, -0.2) is 0 Å². The highest BCUT2D eigenvalue weighted by Crippen LogP contribution is 2.31. The lowest BCUT2D eigenvalue weighted by molar-refractivity contribution is -0.138. The van der Waals surface area contributed by atoms with Crippen LogP contribution in [-0.2, 0) is 22.2 Å². The Morgan fingerprint density at radius 3 is 2.65 bits per heavy atom. The van der Waals surface area contributed by atoms with E-state index in [9.17, 15) is 22.8 Å². The van der Waals surface area contributed by atoms with Gasteiger partial charge in [0.15, 0.2) is 0 Å². The van der Waals surface area contributed by atoms with Crippen molar-refractivity contribution in [1.82, 2.24) is 15.1 Å². The molecule has 26 heavy (non-hydrogen) atoms. The van der Waals surface area contributed by atoms with Crippen LogP contribution in [0.25, 0.3) is 0 Å². The standard InChI is InChI=1S/C18H24F3N3O2/c1-23(2)9-10-24-12-14(11-16(24)25)17(26)22-8-7-13-5-3-4-6-15(13)18(19,20)21/h3-6,14H,7-12H2,1-2H3,(H,22,26)/t14-/m0/s1. The first-order chi connectivity index (χ1) is 12.2. The summed E-state index contributed by atoms with van der Waals surface area (Å²) in [6, 6.07) is 5.34. The van der Waals surface area contributed by atoms with Crippen molar-refractivity contribution in [2.75, 3.05) is 40.3 Å². The van der Waals surface area contributed by atoms with Gasteiger partial charge in [-0.05, 0) is 32.1 Å². The third-order valence-corrected chi connectivity index (χ3v) is 4.42. The van der Waals surface area contributed by atoms with Crippen LogP contribution in [-0.4, -0.2) is 61.9 Å². The Morgan fingerprint density at radius 1 is 1.31 bits per heavy atom. The third kappa shape index (κ3) is 5.45. The van der Waals surface area contributed by atoms with Gasteiger partial charge in [0.05, 0.1) is 11.5 Å². The largest absolute Gasteiger partial charge is 0.416 e. The molecule has 1 aromatic rings. The Balaban J connectivity index is 1.84. The Hall–Kier alpha value is -2.09. The number of likely N-dealkylation sites (tertiary alicyclic amines) is 1. The summed E-state index contributed by atoms with van der Waals surface area (Å²) in [5, 5.41) is 2.66. The Labute approximate surface area is 151 Å². The van der Waals surface area contributed by atoms with Crippen molar-refractivity contribution in [3.63, 3.8) is 0 Å². The van der Waals surface area contributed by atoms with E-state index in [0.29, 0.717) is 19.6 Å². The van der Waals surface area contributed by atoms with Crippen LogP contribution in [0.3, 0.4) is 0 Å². The van der Waals surface area contributed by atoms with E-state index in [2.05, 4.69) is 5.32 Å². The molecule has 1 aliphatic heterocycles. The molecule has 0 radical (unpaired) electrons. The topological polar surface area (TPSA) is 52.6 Å². The first-order valence-electron chi connectivity index (χ1n) is 8.54. The average Bonchev–Trinajstić information content (AvgIpc) is 2.93. The fourth-order valence-corrected chi connectivity index (χ4v) is 2.96. The van der Waals surface area contributed by atoms with E-state index in [1.54, 1.807) is 11.0 Å². The number of likely N-dealkylation sites (N-methyl/N-ethyl adjacent to an activating group) is 1. The van der Waals surface area contributed by atoms with E-state index in [4.69, 9.17) is 0 Å². The second-order valence-electron chi connectivity index (χ2n) is 6.74. The lowest BCUT2D eigenvalue weighted by atomic mass is 10.0. The van der Waals surface area contributed by atoms with Gasteiger partial charge in [0.2, 0.25) is 11.8 Å². The lowest BCUT2D eigenvalue weighted by Gasteiger charge is -2.19. The minimum Gasteiger partial charge on any atom is -0.355 e. The molecule has 5 nitrogen and oxygen atoms in total. The maximum atomic E-state index is 13.0. The third-order valence-electron chi connectivity index (χ3n) is 4.42. The molecule has 0 unspecified atom stereocenters. The summed E-state index contributed by atoms with van der Waals surface area (Å²) in [5.41, 5.74) is -0.532. The van der Waals surface area contributed by atoms with Crippen LogP contribution in [0.15, 0.2) is 24.3 Å². The molecule has 1 atom stereocenters.